The van der Waals surface area contributed by atoms with E-state index in [-0.39, 0.29) is 0 Å². The highest BCUT2D eigenvalue weighted by Gasteiger charge is 2.19. The summed E-state index contributed by atoms with van der Waals surface area (Å²) in [6.45, 7) is 2.09. The van der Waals surface area contributed by atoms with E-state index in [1.807, 2.05) is 24.4 Å². The van der Waals surface area contributed by atoms with E-state index < -0.39 is 0 Å². The Bertz CT molecular complexity index is 609. The van der Waals surface area contributed by atoms with E-state index in [4.69, 9.17) is 10.5 Å². The van der Waals surface area contributed by atoms with E-state index in [1.54, 1.807) is 13.4 Å². The summed E-state index contributed by atoms with van der Waals surface area (Å²) in [5.41, 5.74) is 8.47. The van der Waals surface area contributed by atoms with Crippen LogP contribution in [0.3, 0.4) is 0 Å². The Balaban J connectivity index is 2.10. The van der Waals surface area contributed by atoms with Gasteiger partial charge in [0.1, 0.15) is 17.9 Å². The second kappa shape index (κ2) is 5.36. The van der Waals surface area contributed by atoms with Gasteiger partial charge >= 0.3 is 0 Å². The molecule has 1 aliphatic rings. The third-order valence-electron chi connectivity index (χ3n) is 3.61. The molecule has 1 aromatic heterocycles. The van der Waals surface area contributed by atoms with E-state index in [0.717, 1.165) is 35.8 Å². The van der Waals surface area contributed by atoms with E-state index >= 15 is 0 Å². The van der Waals surface area contributed by atoms with Crippen molar-refractivity contribution in [1.82, 2.24) is 9.97 Å². The average Bonchev–Trinajstić information content (AvgIpc) is 3.01. The Hall–Kier alpha value is -2.30. The summed E-state index contributed by atoms with van der Waals surface area (Å²) >= 11 is 0. The van der Waals surface area contributed by atoms with E-state index in [9.17, 15) is 0 Å². The molecule has 0 spiro atoms. The van der Waals surface area contributed by atoms with Crippen molar-refractivity contribution in [2.24, 2.45) is 0 Å². The minimum atomic E-state index is 0.685. The first-order chi connectivity index (χ1) is 9.79. The van der Waals surface area contributed by atoms with Gasteiger partial charge in [0.25, 0.3) is 0 Å². The second-order valence-electron chi connectivity index (χ2n) is 4.91. The smallest absolute Gasteiger partial charge is 0.139 e. The molecule has 5 nitrogen and oxygen atoms in total. The fourth-order valence-corrected chi connectivity index (χ4v) is 2.62. The number of nitrogens with two attached hydrogens (primary N) is 1. The zero-order valence-corrected chi connectivity index (χ0v) is 11.5. The van der Waals surface area contributed by atoms with Crippen LogP contribution in [-0.2, 0) is 0 Å². The van der Waals surface area contributed by atoms with Crippen LogP contribution < -0.4 is 15.4 Å². The van der Waals surface area contributed by atoms with Crippen molar-refractivity contribution in [3.8, 4) is 16.9 Å². The van der Waals surface area contributed by atoms with Gasteiger partial charge < -0.3 is 15.4 Å². The minimum Gasteiger partial charge on any atom is -0.496 e. The maximum absolute atomic E-state index is 5.82. The Morgan fingerprint density at radius 3 is 2.75 bits per heavy atom. The Labute approximate surface area is 118 Å². The van der Waals surface area contributed by atoms with Crippen LogP contribution in [0.15, 0.2) is 30.7 Å². The number of ether oxygens (including phenoxy) is 1. The van der Waals surface area contributed by atoms with Gasteiger partial charge in [-0.3, -0.25) is 0 Å². The molecule has 0 unspecified atom stereocenters. The molecule has 0 aliphatic carbocycles. The number of methoxy groups -OCH3 is 1. The molecule has 2 N–H and O–H groups in total. The zero-order chi connectivity index (χ0) is 13.9. The fourth-order valence-electron chi connectivity index (χ4n) is 2.62. The summed E-state index contributed by atoms with van der Waals surface area (Å²) in [5.74, 6) is 1.72. The van der Waals surface area contributed by atoms with Gasteiger partial charge in [0.15, 0.2) is 0 Å². The van der Waals surface area contributed by atoms with Gasteiger partial charge in [0.2, 0.25) is 0 Å². The molecule has 0 bridgehead atoms. The van der Waals surface area contributed by atoms with Crippen LogP contribution in [0.2, 0.25) is 0 Å². The molecule has 5 heteroatoms. The molecule has 1 saturated heterocycles. The maximum Gasteiger partial charge on any atom is 0.139 e. The lowest BCUT2D eigenvalue weighted by Crippen LogP contribution is -2.20. The second-order valence-corrected chi connectivity index (χ2v) is 4.91. The monoisotopic (exact) mass is 270 g/mol. The largest absolute Gasteiger partial charge is 0.496 e. The normalized spacial score (nSPS) is 14.6. The van der Waals surface area contributed by atoms with Crippen molar-refractivity contribution >= 4 is 11.5 Å². The summed E-state index contributed by atoms with van der Waals surface area (Å²) < 4.78 is 5.44. The predicted octanol–water partition coefficient (Wildman–Crippen LogP) is 2.33. The molecule has 0 amide bonds. The molecule has 2 aromatic rings. The van der Waals surface area contributed by atoms with Crippen LogP contribution in [-0.4, -0.2) is 30.2 Å². The highest BCUT2D eigenvalue weighted by molar-refractivity contribution is 5.80. The van der Waals surface area contributed by atoms with Crippen molar-refractivity contribution in [1.29, 1.82) is 0 Å². The van der Waals surface area contributed by atoms with E-state index in [0.29, 0.717) is 5.69 Å². The number of rotatable bonds is 3. The first kappa shape index (κ1) is 12.7. The molecule has 3 rings (SSSR count). The predicted molar refractivity (Wildman–Crippen MR) is 79.9 cm³/mol. The van der Waals surface area contributed by atoms with Crippen LogP contribution in [0.1, 0.15) is 12.8 Å². The summed E-state index contributed by atoms with van der Waals surface area (Å²) in [6.07, 6.45) is 5.86. The molecule has 20 heavy (non-hydrogen) atoms. The lowest BCUT2D eigenvalue weighted by atomic mass is 10.1. The Morgan fingerprint density at radius 2 is 2.00 bits per heavy atom. The van der Waals surface area contributed by atoms with Gasteiger partial charge in [0.05, 0.1) is 7.11 Å². The van der Waals surface area contributed by atoms with Crippen molar-refractivity contribution in [3.63, 3.8) is 0 Å². The number of aromatic nitrogens is 2. The zero-order valence-electron chi connectivity index (χ0n) is 11.5. The molecule has 104 valence electrons. The summed E-state index contributed by atoms with van der Waals surface area (Å²) in [7, 11) is 1.65. The number of anilines is 2. The Morgan fingerprint density at radius 1 is 1.20 bits per heavy atom. The molecule has 1 aliphatic heterocycles. The van der Waals surface area contributed by atoms with Crippen molar-refractivity contribution in [2.45, 2.75) is 12.8 Å². The maximum atomic E-state index is 5.82. The van der Waals surface area contributed by atoms with Gasteiger partial charge in [0, 0.05) is 42.2 Å². The van der Waals surface area contributed by atoms with Crippen molar-refractivity contribution < 1.29 is 4.74 Å². The molecule has 0 saturated carbocycles. The third-order valence-corrected chi connectivity index (χ3v) is 3.61. The van der Waals surface area contributed by atoms with Crippen LogP contribution in [0.4, 0.5) is 11.5 Å². The van der Waals surface area contributed by atoms with Crippen molar-refractivity contribution in [3.05, 3.63) is 30.7 Å². The van der Waals surface area contributed by atoms with Gasteiger partial charge in [-0.1, -0.05) is 0 Å². The van der Waals surface area contributed by atoms with Gasteiger partial charge in [-0.15, -0.1) is 0 Å². The van der Waals surface area contributed by atoms with Gasteiger partial charge in [-0.25, -0.2) is 9.97 Å². The van der Waals surface area contributed by atoms with Gasteiger partial charge in [-0.2, -0.15) is 0 Å². The molecule has 0 atom stereocenters. The fraction of sp³-hybridized carbons (Fsp3) is 0.333. The lowest BCUT2D eigenvalue weighted by Gasteiger charge is -2.20. The SMILES string of the molecule is COc1cc(N)ccc1-c1cncnc1N1CCCC1. The lowest BCUT2D eigenvalue weighted by molar-refractivity contribution is 0.416. The summed E-state index contributed by atoms with van der Waals surface area (Å²) in [4.78, 5) is 10.9. The van der Waals surface area contributed by atoms with Crippen LogP contribution >= 0.6 is 0 Å². The first-order valence-electron chi connectivity index (χ1n) is 6.78. The highest BCUT2D eigenvalue weighted by atomic mass is 16.5. The number of nitrogens with zero attached hydrogens (tertiary/aromatic N) is 3. The number of hydrogen-bond acceptors (Lipinski definition) is 5. The average molecular weight is 270 g/mol. The van der Waals surface area contributed by atoms with E-state index in [1.165, 1.54) is 12.8 Å². The van der Waals surface area contributed by atoms with Crippen LogP contribution in [0.5, 0.6) is 5.75 Å². The topological polar surface area (TPSA) is 64.3 Å². The molecule has 1 aromatic carbocycles. The summed E-state index contributed by atoms with van der Waals surface area (Å²) in [5, 5.41) is 0. The first-order valence-corrected chi connectivity index (χ1v) is 6.78. The molecule has 2 heterocycles. The number of hydrogen-bond donors (Lipinski definition) is 1. The van der Waals surface area contributed by atoms with Gasteiger partial charge in [-0.05, 0) is 25.0 Å². The molecule has 0 radical (unpaired) electrons. The van der Waals surface area contributed by atoms with E-state index in [2.05, 4.69) is 14.9 Å². The highest BCUT2D eigenvalue weighted by Crippen LogP contribution is 2.36. The Kier molecular flexibility index (Phi) is 3.41. The number of benzene rings is 1. The van der Waals surface area contributed by atoms with Crippen LogP contribution in [0.25, 0.3) is 11.1 Å². The third kappa shape index (κ3) is 2.27. The van der Waals surface area contributed by atoms with Crippen molar-refractivity contribution in [2.75, 3.05) is 30.8 Å². The summed E-state index contributed by atoms with van der Waals surface area (Å²) in [6, 6.07) is 5.67. The van der Waals surface area contributed by atoms with Crippen LogP contribution in [0, 0.1) is 0 Å². The number of nitrogen functional groups attached to an aromatic ring is 1. The molecular weight excluding hydrogens is 252 g/mol. The standard InChI is InChI=1S/C15H18N4O/c1-20-14-8-11(16)4-5-12(14)13-9-17-10-18-15(13)19-6-2-3-7-19/h4-5,8-10H,2-3,6-7,16H2,1H3. The minimum absolute atomic E-state index is 0.685. The quantitative estimate of drug-likeness (QED) is 0.867. The molecule has 1 fully saturated rings. The molecular formula is C15H18N4O.